The minimum atomic E-state index is -0.438. The lowest BCUT2D eigenvalue weighted by Gasteiger charge is -2.23. The number of carbonyl (C=O) groups is 1. The van der Waals surface area contributed by atoms with Gasteiger partial charge in [-0.15, -0.1) is 0 Å². The predicted molar refractivity (Wildman–Crippen MR) is 104 cm³/mol. The van der Waals surface area contributed by atoms with Gasteiger partial charge in [0.2, 0.25) is 0 Å². The van der Waals surface area contributed by atoms with Crippen molar-refractivity contribution in [2.75, 3.05) is 0 Å². The number of hydrogen-bond donors (Lipinski definition) is 1. The van der Waals surface area contributed by atoms with Gasteiger partial charge in [-0.2, -0.15) is 5.10 Å². The zero-order valence-corrected chi connectivity index (χ0v) is 15.0. The molecule has 0 aliphatic carbocycles. The van der Waals surface area contributed by atoms with Crippen LogP contribution in [0.25, 0.3) is 0 Å². The van der Waals surface area contributed by atoms with Gasteiger partial charge in [-0.25, -0.2) is 5.01 Å². The second-order valence-corrected chi connectivity index (χ2v) is 6.58. The fraction of sp³-hybridized carbons (Fsp3) is 0.0952. The Hall–Kier alpha value is -3.18. The molecule has 1 aliphatic heterocycles. The van der Waals surface area contributed by atoms with Gasteiger partial charge in [-0.3, -0.25) is 9.78 Å². The van der Waals surface area contributed by atoms with Gasteiger partial charge in [0.25, 0.3) is 5.91 Å². The minimum Gasteiger partial charge on any atom is -0.508 e. The van der Waals surface area contributed by atoms with Crippen LogP contribution in [0, 0.1) is 0 Å². The van der Waals surface area contributed by atoms with Crippen molar-refractivity contribution in [2.24, 2.45) is 5.10 Å². The summed E-state index contributed by atoms with van der Waals surface area (Å²) < 4.78 is 0. The molecule has 3 aromatic rings. The summed E-state index contributed by atoms with van der Waals surface area (Å²) in [7, 11) is 0. The van der Waals surface area contributed by atoms with E-state index in [0.29, 0.717) is 34.0 Å². The zero-order valence-electron chi connectivity index (χ0n) is 14.3. The topological polar surface area (TPSA) is 65.8 Å². The van der Waals surface area contributed by atoms with Crippen molar-refractivity contribution in [1.82, 2.24) is 9.99 Å². The first-order valence-electron chi connectivity index (χ1n) is 8.50. The van der Waals surface area contributed by atoms with Gasteiger partial charge in [0.15, 0.2) is 0 Å². The molecule has 5 nitrogen and oxygen atoms in total. The molecular weight excluding hydrogens is 362 g/mol. The molecule has 1 aromatic heterocycles. The highest BCUT2D eigenvalue weighted by molar-refractivity contribution is 6.33. The molecule has 1 unspecified atom stereocenters. The summed E-state index contributed by atoms with van der Waals surface area (Å²) in [5.74, 6) is -0.197. The molecule has 2 aromatic carbocycles. The number of aromatic hydroxyl groups is 1. The molecule has 1 atom stereocenters. The van der Waals surface area contributed by atoms with Gasteiger partial charge in [0.1, 0.15) is 5.75 Å². The lowest BCUT2D eigenvalue weighted by Crippen LogP contribution is -2.27. The number of phenolic OH excluding ortho intramolecular Hbond substituents is 1. The lowest BCUT2D eigenvalue weighted by atomic mass is 9.99. The number of benzene rings is 2. The first-order valence-corrected chi connectivity index (χ1v) is 8.88. The third-order valence-corrected chi connectivity index (χ3v) is 4.81. The van der Waals surface area contributed by atoms with Crippen LogP contribution in [-0.2, 0) is 0 Å². The van der Waals surface area contributed by atoms with Crippen LogP contribution < -0.4 is 0 Å². The molecule has 1 N–H and O–H groups in total. The van der Waals surface area contributed by atoms with E-state index in [1.807, 2.05) is 24.3 Å². The van der Waals surface area contributed by atoms with E-state index >= 15 is 0 Å². The van der Waals surface area contributed by atoms with E-state index in [2.05, 4.69) is 10.1 Å². The fourth-order valence-electron chi connectivity index (χ4n) is 3.16. The van der Waals surface area contributed by atoms with Crippen molar-refractivity contribution in [3.8, 4) is 5.75 Å². The number of rotatable bonds is 3. The number of phenols is 1. The summed E-state index contributed by atoms with van der Waals surface area (Å²) in [6, 6.07) is 18.9. The average Bonchev–Trinajstić information content (AvgIpc) is 3.14. The second-order valence-electron chi connectivity index (χ2n) is 6.17. The highest BCUT2D eigenvalue weighted by atomic mass is 35.5. The second kappa shape index (κ2) is 7.21. The third kappa shape index (κ3) is 3.29. The maximum Gasteiger partial charge on any atom is 0.276 e. The Kier molecular flexibility index (Phi) is 4.60. The Bertz CT molecular complexity index is 1020. The number of pyridine rings is 1. The smallest absolute Gasteiger partial charge is 0.276 e. The fourth-order valence-corrected chi connectivity index (χ4v) is 3.37. The maximum atomic E-state index is 13.2. The van der Waals surface area contributed by atoms with E-state index in [0.717, 1.165) is 0 Å². The number of aromatic nitrogens is 1. The number of hydrazone groups is 1. The van der Waals surface area contributed by atoms with E-state index in [4.69, 9.17) is 11.6 Å². The number of hydrogen-bond acceptors (Lipinski definition) is 4. The Labute approximate surface area is 161 Å². The van der Waals surface area contributed by atoms with Crippen molar-refractivity contribution in [3.05, 3.63) is 94.8 Å². The SMILES string of the molecule is O=C(c1ccccc1Cl)N1N=C(c2ccccn2)CC1c1ccccc1O. The first-order chi connectivity index (χ1) is 13.1. The van der Waals surface area contributed by atoms with E-state index in [1.54, 1.807) is 48.7 Å². The number of halogens is 1. The van der Waals surface area contributed by atoms with Crippen LogP contribution in [0.2, 0.25) is 5.02 Å². The summed E-state index contributed by atoms with van der Waals surface area (Å²) in [6.07, 6.45) is 2.14. The summed E-state index contributed by atoms with van der Waals surface area (Å²) in [5.41, 5.74) is 2.38. The predicted octanol–water partition coefficient (Wildman–Crippen LogP) is 4.43. The summed E-state index contributed by atoms with van der Waals surface area (Å²) >= 11 is 6.22. The normalized spacial score (nSPS) is 16.3. The van der Waals surface area contributed by atoms with Gasteiger partial charge < -0.3 is 5.11 Å². The average molecular weight is 378 g/mol. The molecule has 0 fully saturated rings. The van der Waals surface area contributed by atoms with Crippen LogP contribution in [0.1, 0.15) is 34.1 Å². The molecule has 1 aliphatic rings. The summed E-state index contributed by atoms with van der Waals surface area (Å²) in [5, 5.41) is 16.6. The van der Waals surface area contributed by atoms with Gasteiger partial charge in [-0.05, 0) is 30.3 Å². The number of nitrogens with zero attached hydrogens (tertiary/aromatic N) is 3. The van der Waals surface area contributed by atoms with Crippen molar-refractivity contribution < 1.29 is 9.90 Å². The molecule has 0 spiro atoms. The molecule has 134 valence electrons. The van der Waals surface area contributed by atoms with Gasteiger partial charge in [0, 0.05) is 18.2 Å². The largest absolute Gasteiger partial charge is 0.508 e. The monoisotopic (exact) mass is 377 g/mol. The molecule has 0 saturated carbocycles. The van der Waals surface area contributed by atoms with E-state index in [1.165, 1.54) is 5.01 Å². The molecule has 4 rings (SSSR count). The first kappa shape index (κ1) is 17.2. The van der Waals surface area contributed by atoms with E-state index in [-0.39, 0.29) is 11.7 Å². The number of carbonyl (C=O) groups excluding carboxylic acids is 1. The van der Waals surface area contributed by atoms with Crippen molar-refractivity contribution in [3.63, 3.8) is 0 Å². The summed E-state index contributed by atoms with van der Waals surface area (Å²) in [6.45, 7) is 0. The van der Waals surface area contributed by atoms with Gasteiger partial charge in [-0.1, -0.05) is 48.0 Å². The van der Waals surface area contributed by atoms with Crippen LogP contribution in [0.5, 0.6) is 5.75 Å². The number of para-hydroxylation sites is 1. The molecule has 2 heterocycles. The minimum absolute atomic E-state index is 0.122. The van der Waals surface area contributed by atoms with E-state index in [9.17, 15) is 9.90 Å². The standard InChI is InChI=1S/C21H16ClN3O2/c22-16-9-3-1-7-14(16)21(27)25-19(15-8-2-4-11-20(15)26)13-18(24-25)17-10-5-6-12-23-17/h1-12,19,26H,13H2. The Morgan fingerprint density at radius 2 is 1.78 bits per heavy atom. The maximum absolute atomic E-state index is 13.2. The highest BCUT2D eigenvalue weighted by Crippen LogP contribution is 2.38. The van der Waals surface area contributed by atoms with Crippen LogP contribution >= 0.6 is 11.6 Å². The molecule has 1 amide bonds. The molecule has 27 heavy (non-hydrogen) atoms. The van der Waals surface area contributed by atoms with Crippen molar-refractivity contribution >= 4 is 23.2 Å². The molecule has 6 heteroatoms. The quantitative estimate of drug-likeness (QED) is 0.734. The third-order valence-electron chi connectivity index (χ3n) is 4.48. The number of amides is 1. The van der Waals surface area contributed by atoms with Gasteiger partial charge >= 0.3 is 0 Å². The van der Waals surface area contributed by atoms with Gasteiger partial charge in [0.05, 0.1) is 28.0 Å². The van der Waals surface area contributed by atoms with E-state index < -0.39 is 6.04 Å². The van der Waals surface area contributed by atoms with Crippen LogP contribution in [0.4, 0.5) is 0 Å². The van der Waals surface area contributed by atoms with Crippen molar-refractivity contribution in [2.45, 2.75) is 12.5 Å². The Balaban J connectivity index is 1.78. The Morgan fingerprint density at radius 1 is 1.04 bits per heavy atom. The summed E-state index contributed by atoms with van der Waals surface area (Å²) in [4.78, 5) is 17.5. The molecule has 0 saturated heterocycles. The highest BCUT2D eigenvalue weighted by Gasteiger charge is 2.35. The Morgan fingerprint density at radius 3 is 2.52 bits per heavy atom. The van der Waals surface area contributed by atoms with Crippen LogP contribution in [-0.4, -0.2) is 26.7 Å². The molecular formula is C21H16ClN3O2. The molecule has 0 radical (unpaired) electrons. The van der Waals surface area contributed by atoms with Crippen molar-refractivity contribution in [1.29, 1.82) is 0 Å². The van der Waals surface area contributed by atoms with Crippen LogP contribution in [0.3, 0.4) is 0 Å². The zero-order chi connectivity index (χ0) is 18.8. The molecule has 0 bridgehead atoms. The lowest BCUT2D eigenvalue weighted by molar-refractivity contribution is 0.0710. The van der Waals surface area contributed by atoms with Crippen LogP contribution in [0.15, 0.2) is 78.0 Å².